The van der Waals surface area contributed by atoms with E-state index in [1.54, 1.807) is 0 Å². The largest absolute Gasteiger partial charge is 0.390 e. The number of nitrogens with zero attached hydrogens (tertiary/aromatic N) is 20. The Labute approximate surface area is 672 Å². The Bertz CT molecular complexity index is 4560. The van der Waals surface area contributed by atoms with E-state index < -0.39 is 0 Å². The van der Waals surface area contributed by atoms with E-state index in [2.05, 4.69) is 266 Å². The first-order valence-electron chi connectivity index (χ1n) is 36.5. The molecule has 15 heterocycles. The van der Waals surface area contributed by atoms with Crippen LogP contribution in [-0.4, -0.2) is 220 Å². The van der Waals surface area contributed by atoms with Gasteiger partial charge in [0.15, 0.2) is 0 Å². The second-order valence-electron chi connectivity index (χ2n) is 27.3. The highest BCUT2D eigenvalue weighted by Crippen LogP contribution is 2.28. The maximum absolute atomic E-state index is 10.2. The van der Waals surface area contributed by atoms with Gasteiger partial charge in [0.25, 0.3) is 0 Å². The summed E-state index contributed by atoms with van der Waals surface area (Å²) in [4.78, 5) is 55.0. The number of aliphatic hydroxyl groups is 1. The number of pyridine rings is 8. The van der Waals surface area contributed by atoms with Crippen molar-refractivity contribution < 1.29 is 5.11 Å². The molecule has 3 aliphatic heterocycles. The second-order valence-corrected chi connectivity index (χ2v) is 29.5. The highest BCUT2D eigenvalue weighted by Gasteiger charge is 2.24. The molecule has 0 radical (unpaired) electrons. The van der Waals surface area contributed by atoms with Crippen molar-refractivity contribution in [3.63, 3.8) is 0 Å². The number of hydrogen-bond acceptors (Lipinski definition) is 19. The number of imidazole rings is 4. The van der Waals surface area contributed by atoms with Crippen molar-refractivity contribution in [3.05, 3.63) is 249 Å². The molecular formula is C83H117Br3N22O. The molecule has 109 heavy (non-hydrogen) atoms. The molecule has 12 aromatic rings. The molecule has 3 aliphatic rings. The molecular weight excluding hydrogens is 1560 g/mol. The molecule has 0 aliphatic carbocycles. The van der Waals surface area contributed by atoms with E-state index in [1.165, 1.54) is 18.9 Å². The molecule has 26 heteroatoms. The van der Waals surface area contributed by atoms with Crippen molar-refractivity contribution in [2.45, 2.75) is 106 Å². The number of fused-ring (bicyclic) bond motifs is 4. The number of likely N-dealkylation sites (N-methyl/N-ethyl adjacent to an activating group) is 3. The fraction of sp³-hybridized carbons (Fsp3) is 0.422. The minimum absolute atomic E-state index is 0. The minimum atomic E-state index is -0.0347. The van der Waals surface area contributed by atoms with Gasteiger partial charge in [-0.3, -0.25) is 52.2 Å². The van der Waals surface area contributed by atoms with E-state index in [-0.39, 0.29) is 47.0 Å². The lowest BCUT2D eigenvalue weighted by molar-refractivity contribution is 0.238. The van der Waals surface area contributed by atoms with Crippen LogP contribution in [0.15, 0.2) is 198 Å². The molecule has 0 saturated carbocycles. The molecule has 0 unspecified atom stereocenters. The predicted molar refractivity (Wildman–Crippen MR) is 459 cm³/mol. The van der Waals surface area contributed by atoms with Gasteiger partial charge in [0.05, 0.1) is 67.1 Å². The minimum Gasteiger partial charge on any atom is -0.390 e. The van der Waals surface area contributed by atoms with Crippen LogP contribution in [0.2, 0.25) is 0 Å². The van der Waals surface area contributed by atoms with Gasteiger partial charge in [0.1, 0.15) is 34.2 Å². The van der Waals surface area contributed by atoms with Gasteiger partial charge in [0.2, 0.25) is 0 Å². The van der Waals surface area contributed by atoms with Crippen LogP contribution in [-0.2, 0) is 31.6 Å². The topological polar surface area (TPSA) is 191 Å². The van der Waals surface area contributed by atoms with Gasteiger partial charge in [-0.05, 0) is 206 Å². The highest BCUT2D eigenvalue weighted by atomic mass is 79.9. The Morgan fingerprint density at radius 1 is 0.440 bits per heavy atom. The molecule has 0 aromatic carbocycles. The van der Waals surface area contributed by atoms with Gasteiger partial charge in [0, 0.05) is 171 Å². The summed E-state index contributed by atoms with van der Waals surface area (Å²) < 4.78 is 10.5. The quantitative estimate of drug-likeness (QED) is 0.0542. The fourth-order valence-corrected chi connectivity index (χ4v) is 13.8. The molecule has 0 spiro atoms. The van der Waals surface area contributed by atoms with Crippen molar-refractivity contribution >= 4 is 82.0 Å². The van der Waals surface area contributed by atoms with Crippen molar-refractivity contribution in [3.8, 4) is 0 Å². The van der Waals surface area contributed by atoms with Gasteiger partial charge >= 0.3 is 0 Å². The average molecular weight is 1680 g/mol. The van der Waals surface area contributed by atoms with Crippen LogP contribution in [0.3, 0.4) is 0 Å². The zero-order valence-electron chi connectivity index (χ0n) is 63.3. The summed E-state index contributed by atoms with van der Waals surface area (Å²) in [7, 11) is 14.7. The standard InChI is InChI=1S/C22H30N6O.C21H28N6.C16H17BrN4.C8H6Br2N2.C8H12N2.C5H12N2.3CH4/c1-17(18-7-4-5-10-23-18)26(3)15-19-20(16-29)28-21(24-19)8-6-9-22(28)27-13-11-25(2)12-14-27;1-17(19-7-4-5-10-22-19)25(3)15-18-16-27-20(23-18)8-6-9-21(27)26-13-11-24(2)12-14-26;1-12(14-6-3-4-9-18-14)20(2)10-13-11-21-15(17)7-5-8-16(21)19-13;9-4-6-5-12-7(10)2-1-3-8(12)11-6;1-7(9-2)8-5-3-4-6-10-8;1-7-4-2-6-3-5-7;;;/h4-10,17,29H,11-16H2,1-3H3;4-10,16-17H,11-15H2,1-3H3;3-9,11-12H,10H2,1-2H3;1-3,5H,4H2;3-7,9H,1-2H3;6H,2-5H2,1H3;3*1H4/t2*17-;12-;;7-;;;;/m000.0..../s1. The number of rotatable bonds is 18. The summed E-state index contributed by atoms with van der Waals surface area (Å²) in [5.74, 6) is 2.35. The van der Waals surface area contributed by atoms with Crippen molar-refractivity contribution in [2.75, 3.05) is 138 Å². The third kappa shape index (κ3) is 24.5. The summed E-state index contributed by atoms with van der Waals surface area (Å²) in [6, 6.07) is 49.6. The summed E-state index contributed by atoms with van der Waals surface area (Å²) >= 11 is 10.4. The first-order valence-corrected chi connectivity index (χ1v) is 39.2. The molecule has 12 aromatic heterocycles. The lowest BCUT2D eigenvalue weighted by atomic mass is 10.2. The molecule has 4 atom stereocenters. The zero-order valence-corrected chi connectivity index (χ0v) is 68.0. The number of hydrogen-bond donors (Lipinski definition) is 3. The first kappa shape index (κ1) is 88.3. The molecule has 23 nitrogen and oxygen atoms in total. The monoisotopic (exact) mass is 1670 g/mol. The Morgan fingerprint density at radius 3 is 1.22 bits per heavy atom. The molecule has 0 amide bonds. The number of aromatic nitrogens is 12. The van der Waals surface area contributed by atoms with Gasteiger partial charge in [-0.1, -0.05) is 86.7 Å². The van der Waals surface area contributed by atoms with E-state index in [1.807, 2.05) is 146 Å². The molecule has 15 rings (SSSR count). The maximum Gasteiger partial charge on any atom is 0.138 e. The van der Waals surface area contributed by atoms with Gasteiger partial charge < -0.3 is 40.2 Å². The van der Waals surface area contributed by atoms with Crippen LogP contribution in [0, 0.1) is 0 Å². The number of nitrogens with one attached hydrogen (secondary N) is 2. The summed E-state index contributed by atoms with van der Waals surface area (Å²) in [6.45, 7) is 23.9. The lowest BCUT2D eigenvalue weighted by Gasteiger charge is -2.34. The summed E-state index contributed by atoms with van der Waals surface area (Å²) in [6.07, 6.45) is 13.6. The smallest absolute Gasteiger partial charge is 0.138 e. The van der Waals surface area contributed by atoms with E-state index >= 15 is 0 Å². The van der Waals surface area contributed by atoms with Crippen LogP contribution in [0.5, 0.6) is 0 Å². The van der Waals surface area contributed by atoms with Gasteiger partial charge in [-0.15, -0.1) is 0 Å². The third-order valence-electron chi connectivity index (χ3n) is 19.7. The summed E-state index contributed by atoms with van der Waals surface area (Å²) in [5, 5.41) is 17.4. The van der Waals surface area contributed by atoms with Crippen LogP contribution < -0.4 is 20.4 Å². The Kier molecular flexibility index (Phi) is 35.8. The molecule has 3 saturated heterocycles. The van der Waals surface area contributed by atoms with Crippen molar-refractivity contribution in [1.29, 1.82) is 0 Å². The van der Waals surface area contributed by atoms with E-state index in [9.17, 15) is 5.11 Å². The van der Waals surface area contributed by atoms with E-state index in [4.69, 9.17) is 9.97 Å². The molecule has 3 fully saturated rings. The average Bonchev–Trinajstić information content (AvgIpc) is 1.63. The summed E-state index contributed by atoms with van der Waals surface area (Å²) in [5.41, 5.74) is 13.1. The Hall–Kier alpha value is -7.96. The number of alkyl halides is 1. The van der Waals surface area contributed by atoms with Gasteiger partial charge in [-0.2, -0.15) is 0 Å². The molecule has 3 N–H and O–H groups in total. The predicted octanol–water partition coefficient (Wildman–Crippen LogP) is 14.3. The zero-order chi connectivity index (χ0) is 75.1. The third-order valence-corrected chi connectivity index (χ3v) is 21.6. The lowest BCUT2D eigenvalue weighted by Crippen LogP contribution is -2.45. The Balaban J connectivity index is 0.000000191. The van der Waals surface area contributed by atoms with Crippen molar-refractivity contribution in [1.82, 2.24) is 97.5 Å². The van der Waals surface area contributed by atoms with Gasteiger partial charge in [-0.25, -0.2) is 19.9 Å². The van der Waals surface area contributed by atoms with Crippen LogP contribution in [0.25, 0.3) is 22.6 Å². The number of aliphatic hydroxyl groups excluding tert-OH is 1. The Morgan fingerprint density at radius 2 is 0.817 bits per heavy atom. The second kappa shape index (κ2) is 44.2. The SMILES string of the molecule is BrCc1cn2c(Br)cccc2n1.C.C.C.CN1CCNCC1.CN[C@@H](C)c1ccccn1.C[C@@H](c1ccccn1)N(C)Cc1cn2c(Br)cccc2n1.C[C@@H](c1ccccn1)N(C)Cc1cn2c(N3CCN(C)CC3)cccc2n1.C[C@@H](c1ccccn1)N(C)Cc1nc2cccc(N3CCN(C)CC3)n2c1CO. The first-order chi connectivity index (χ1) is 51.4. The number of piperazine rings is 3. The van der Waals surface area contributed by atoms with E-state index in [0.717, 1.165) is 173 Å². The van der Waals surface area contributed by atoms with Crippen LogP contribution in [0.1, 0.15) is 125 Å². The van der Waals surface area contributed by atoms with Crippen LogP contribution in [0.4, 0.5) is 11.6 Å². The molecule has 586 valence electrons. The fourth-order valence-electron chi connectivity index (χ4n) is 12.6. The van der Waals surface area contributed by atoms with E-state index in [0.29, 0.717) is 12.6 Å². The molecule has 0 bridgehead atoms. The normalized spacial score (nSPS) is 15.1. The number of halogens is 3. The van der Waals surface area contributed by atoms with Crippen LogP contribution >= 0.6 is 47.8 Å². The highest BCUT2D eigenvalue weighted by molar-refractivity contribution is 9.10. The van der Waals surface area contributed by atoms with Crippen molar-refractivity contribution in [2.24, 2.45) is 0 Å². The number of anilines is 2. The maximum atomic E-state index is 10.2.